The molecule has 2 fully saturated rings. The maximum Gasteiger partial charge on any atom is 0.263 e. The van der Waals surface area contributed by atoms with Crippen LogP contribution in [-0.2, 0) is 22.6 Å². The summed E-state index contributed by atoms with van der Waals surface area (Å²) in [5.74, 6) is 0.507. The molecule has 0 aromatic carbocycles. The van der Waals surface area contributed by atoms with Gasteiger partial charge in [-0.3, -0.25) is 19.1 Å². The lowest BCUT2D eigenvalue weighted by atomic mass is 10.1. The third-order valence-electron chi connectivity index (χ3n) is 6.23. The van der Waals surface area contributed by atoms with Crippen molar-refractivity contribution in [1.29, 1.82) is 0 Å². The molecule has 2 aliphatic rings. The van der Waals surface area contributed by atoms with Crippen LogP contribution in [0.15, 0.2) is 27.7 Å². The zero-order chi connectivity index (χ0) is 21.9. The molecule has 3 aromatic rings. The Hall–Kier alpha value is -2.07. The van der Waals surface area contributed by atoms with Gasteiger partial charge in [0, 0.05) is 29.0 Å². The molecular formula is C23H28N4O3S2. The largest absolute Gasteiger partial charge is 0.376 e. The van der Waals surface area contributed by atoms with E-state index in [-0.39, 0.29) is 24.1 Å². The van der Waals surface area contributed by atoms with Crippen LogP contribution in [0.2, 0.25) is 0 Å². The number of hydrogen-bond donors (Lipinski definition) is 1. The summed E-state index contributed by atoms with van der Waals surface area (Å²) in [5, 5.41) is 7.59. The fourth-order valence-electron chi connectivity index (χ4n) is 4.51. The number of ether oxygens (including phenoxy) is 1. The number of carbonyl (C=O) groups excluding carboxylic acids is 1. The molecule has 0 saturated carbocycles. The Bertz CT molecular complexity index is 1130. The van der Waals surface area contributed by atoms with Gasteiger partial charge in [-0.25, -0.2) is 4.98 Å². The number of piperidine rings is 1. The van der Waals surface area contributed by atoms with Crippen molar-refractivity contribution >= 4 is 38.8 Å². The predicted octanol–water partition coefficient (Wildman–Crippen LogP) is 3.47. The first kappa shape index (κ1) is 21.8. The molecule has 0 aliphatic carbocycles. The molecular weight excluding hydrogens is 444 g/mol. The minimum Gasteiger partial charge on any atom is -0.376 e. The Morgan fingerprint density at radius 3 is 2.84 bits per heavy atom. The van der Waals surface area contributed by atoms with Crippen molar-refractivity contribution in [1.82, 2.24) is 19.8 Å². The molecule has 5 rings (SSSR count). The second-order valence-electron chi connectivity index (χ2n) is 8.50. The Morgan fingerprint density at radius 2 is 2.09 bits per heavy atom. The molecule has 32 heavy (non-hydrogen) atoms. The fraction of sp³-hybridized carbons (Fsp3) is 0.522. The first-order valence-corrected chi connectivity index (χ1v) is 13.1. The number of likely N-dealkylation sites (tertiary alicyclic amines) is 1. The predicted molar refractivity (Wildman–Crippen MR) is 128 cm³/mol. The zero-order valence-corrected chi connectivity index (χ0v) is 19.7. The van der Waals surface area contributed by atoms with E-state index in [0.29, 0.717) is 24.3 Å². The topological polar surface area (TPSA) is 76.5 Å². The number of fused-ring (bicyclic) bond motifs is 1. The van der Waals surface area contributed by atoms with Crippen molar-refractivity contribution in [3.05, 3.63) is 39.1 Å². The van der Waals surface area contributed by atoms with Gasteiger partial charge in [-0.05, 0) is 50.2 Å². The second kappa shape index (κ2) is 9.82. The summed E-state index contributed by atoms with van der Waals surface area (Å²) in [7, 11) is 0. The Morgan fingerprint density at radius 1 is 1.22 bits per heavy atom. The second-order valence-corrected chi connectivity index (χ2v) is 10.3. The molecule has 1 amide bonds. The van der Waals surface area contributed by atoms with Crippen LogP contribution in [0.3, 0.4) is 0 Å². The lowest BCUT2D eigenvalue weighted by molar-refractivity contribution is -0.122. The van der Waals surface area contributed by atoms with Gasteiger partial charge in [-0.2, -0.15) is 0 Å². The van der Waals surface area contributed by atoms with Gasteiger partial charge in [0.15, 0.2) is 0 Å². The smallest absolute Gasteiger partial charge is 0.263 e. The van der Waals surface area contributed by atoms with E-state index in [1.807, 2.05) is 22.9 Å². The van der Waals surface area contributed by atoms with Gasteiger partial charge in [-0.15, -0.1) is 22.7 Å². The summed E-state index contributed by atoms with van der Waals surface area (Å²) in [5.41, 5.74) is 0.787. The summed E-state index contributed by atoms with van der Waals surface area (Å²) < 4.78 is 7.19. The molecule has 1 atom stereocenters. The van der Waals surface area contributed by atoms with E-state index < -0.39 is 0 Å². The van der Waals surface area contributed by atoms with Crippen LogP contribution in [0.1, 0.15) is 37.9 Å². The summed E-state index contributed by atoms with van der Waals surface area (Å²) in [6, 6.07) is 4.00. The number of aromatic nitrogens is 2. The summed E-state index contributed by atoms with van der Waals surface area (Å²) in [6.45, 7) is 3.83. The Balaban J connectivity index is 1.47. The molecule has 2 aliphatic heterocycles. The number of rotatable bonds is 7. The van der Waals surface area contributed by atoms with E-state index in [1.165, 1.54) is 17.8 Å². The number of nitrogens with one attached hydrogen (secondary N) is 1. The Labute approximate surface area is 195 Å². The summed E-state index contributed by atoms with van der Waals surface area (Å²) in [6.07, 6.45) is 5.64. The lowest BCUT2D eigenvalue weighted by Gasteiger charge is -2.27. The van der Waals surface area contributed by atoms with Gasteiger partial charge in [-0.1, -0.05) is 12.5 Å². The third kappa shape index (κ3) is 4.66. The molecule has 0 spiro atoms. The van der Waals surface area contributed by atoms with Crippen LogP contribution in [-0.4, -0.2) is 52.7 Å². The monoisotopic (exact) mass is 472 g/mol. The summed E-state index contributed by atoms with van der Waals surface area (Å²) in [4.78, 5) is 35.5. The normalized spacial score (nSPS) is 19.6. The first-order chi connectivity index (χ1) is 15.7. The molecule has 1 N–H and O–H groups in total. The Kier molecular flexibility index (Phi) is 6.68. The van der Waals surface area contributed by atoms with Crippen LogP contribution < -0.4 is 10.9 Å². The van der Waals surface area contributed by atoms with Gasteiger partial charge in [0.2, 0.25) is 5.91 Å². The van der Waals surface area contributed by atoms with Crippen LogP contribution in [0.5, 0.6) is 0 Å². The average molecular weight is 473 g/mol. The number of amides is 1. The number of nitrogens with zero attached hydrogens (tertiary/aromatic N) is 3. The molecule has 170 valence electrons. The standard InChI is InChI=1S/C23H28N4O3S2/c28-20(24-12-16-6-4-10-30-16)14-27-19(13-26-8-2-1-3-9-26)25-22-21(23(27)29)17(15-32-22)18-7-5-11-31-18/h5,7,11,15-16H,1-4,6,8-10,12-14H2,(H,24,28)/t16-/m1/s1. The fourth-order valence-corrected chi connectivity index (χ4v) is 6.28. The van der Waals surface area contributed by atoms with E-state index in [2.05, 4.69) is 10.2 Å². The van der Waals surface area contributed by atoms with Crippen molar-refractivity contribution in [2.24, 2.45) is 0 Å². The highest BCUT2D eigenvalue weighted by Crippen LogP contribution is 2.33. The highest BCUT2D eigenvalue weighted by molar-refractivity contribution is 7.18. The molecule has 2 saturated heterocycles. The lowest BCUT2D eigenvalue weighted by Crippen LogP contribution is -2.39. The molecule has 0 unspecified atom stereocenters. The SMILES string of the molecule is O=C(Cn1c(CN2CCCCC2)nc2scc(-c3cccs3)c2c1=O)NC[C@H]1CCCO1. The van der Waals surface area contributed by atoms with Crippen LogP contribution in [0, 0.1) is 0 Å². The van der Waals surface area contributed by atoms with Crippen molar-refractivity contribution in [3.63, 3.8) is 0 Å². The number of thiophene rings is 2. The van der Waals surface area contributed by atoms with Gasteiger partial charge < -0.3 is 10.1 Å². The van der Waals surface area contributed by atoms with Gasteiger partial charge in [0.1, 0.15) is 17.2 Å². The van der Waals surface area contributed by atoms with Crippen LogP contribution >= 0.6 is 22.7 Å². The highest BCUT2D eigenvalue weighted by Gasteiger charge is 2.22. The van der Waals surface area contributed by atoms with Crippen molar-refractivity contribution < 1.29 is 9.53 Å². The molecule has 0 bridgehead atoms. The number of carbonyl (C=O) groups is 1. The molecule has 7 nitrogen and oxygen atoms in total. The van der Waals surface area contributed by atoms with Gasteiger partial charge in [0.25, 0.3) is 5.56 Å². The van der Waals surface area contributed by atoms with Crippen molar-refractivity contribution in [2.75, 3.05) is 26.2 Å². The molecule has 9 heteroatoms. The maximum atomic E-state index is 13.7. The van der Waals surface area contributed by atoms with Crippen LogP contribution in [0.25, 0.3) is 20.7 Å². The summed E-state index contributed by atoms with van der Waals surface area (Å²) >= 11 is 3.11. The first-order valence-electron chi connectivity index (χ1n) is 11.3. The van der Waals surface area contributed by atoms with Crippen LogP contribution in [0.4, 0.5) is 0 Å². The highest BCUT2D eigenvalue weighted by atomic mass is 32.1. The molecule has 5 heterocycles. The van der Waals surface area contributed by atoms with E-state index >= 15 is 0 Å². The van der Waals surface area contributed by atoms with Crippen molar-refractivity contribution in [3.8, 4) is 10.4 Å². The molecule has 3 aromatic heterocycles. The molecule has 0 radical (unpaired) electrons. The van der Waals surface area contributed by atoms with Gasteiger partial charge >= 0.3 is 0 Å². The average Bonchev–Trinajstić information content (AvgIpc) is 3.57. The van der Waals surface area contributed by atoms with Gasteiger partial charge in [0.05, 0.1) is 18.0 Å². The third-order valence-corrected chi connectivity index (χ3v) is 8.00. The van der Waals surface area contributed by atoms with Crippen molar-refractivity contribution in [2.45, 2.75) is 51.3 Å². The van der Waals surface area contributed by atoms with E-state index in [1.54, 1.807) is 15.9 Å². The zero-order valence-electron chi connectivity index (χ0n) is 18.0. The van der Waals surface area contributed by atoms with E-state index in [4.69, 9.17) is 9.72 Å². The maximum absolute atomic E-state index is 13.7. The minimum absolute atomic E-state index is 0.0165. The van der Waals surface area contributed by atoms with E-state index in [9.17, 15) is 9.59 Å². The minimum atomic E-state index is -0.170. The number of hydrogen-bond acceptors (Lipinski definition) is 7. The quantitative estimate of drug-likeness (QED) is 0.570. The van der Waals surface area contributed by atoms with E-state index in [0.717, 1.165) is 60.7 Å².